The molecule has 8 heteroatoms. The topological polar surface area (TPSA) is 69.6 Å². The van der Waals surface area contributed by atoms with Gasteiger partial charge in [0.05, 0.1) is 12.1 Å². The van der Waals surface area contributed by atoms with Crippen molar-refractivity contribution in [3.8, 4) is 0 Å². The molecule has 0 aliphatic carbocycles. The summed E-state index contributed by atoms with van der Waals surface area (Å²) in [5, 5.41) is 12.7. The highest BCUT2D eigenvalue weighted by Gasteiger charge is 2.36. The third kappa shape index (κ3) is 2.75. The summed E-state index contributed by atoms with van der Waals surface area (Å²) in [7, 11) is -2.68. The predicted octanol–water partition coefficient (Wildman–Crippen LogP) is 0.432. The van der Waals surface area contributed by atoms with E-state index in [1.54, 1.807) is 0 Å². The Kier molecular flexibility index (Phi) is 4.12. The minimum atomic E-state index is -4.00. The van der Waals surface area contributed by atoms with Crippen LogP contribution in [0.25, 0.3) is 0 Å². The Labute approximate surface area is 116 Å². The molecule has 1 saturated heterocycles. The molecule has 0 aromatic heterocycles. The zero-order valence-electron chi connectivity index (χ0n) is 10.2. The molecule has 0 amide bonds. The zero-order chi connectivity index (χ0) is 14.2. The molecule has 1 aromatic rings. The molecule has 0 bridgehead atoms. The molecule has 5 nitrogen and oxygen atoms in total. The number of aliphatic hydroxyl groups excluding tert-OH is 1. The summed E-state index contributed by atoms with van der Waals surface area (Å²) in [6.07, 6.45) is -0.810. The number of rotatable bonds is 3. The molecule has 0 radical (unpaired) electrons. The van der Waals surface area contributed by atoms with Crippen LogP contribution in [-0.4, -0.2) is 50.1 Å². The molecule has 2 atom stereocenters. The molecule has 1 fully saturated rings. The van der Waals surface area contributed by atoms with E-state index in [9.17, 15) is 17.9 Å². The van der Waals surface area contributed by atoms with Crippen LogP contribution in [0.2, 0.25) is 5.02 Å². The Balaban J connectivity index is 2.36. The van der Waals surface area contributed by atoms with Crippen LogP contribution in [0.3, 0.4) is 0 Å². The number of benzene rings is 1. The maximum absolute atomic E-state index is 13.7. The lowest BCUT2D eigenvalue weighted by molar-refractivity contribution is 0.136. The molecule has 0 unspecified atom stereocenters. The van der Waals surface area contributed by atoms with E-state index >= 15 is 0 Å². The van der Waals surface area contributed by atoms with Crippen molar-refractivity contribution in [2.75, 3.05) is 20.1 Å². The fourth-order valence-corrected chi connectivity index (χ4v) is 3.63. The number of aliphatic hydroxyl groups is 1. The molecule has 1 aliphatic rings. The number of hydrogen-bond acceptors (Lipinski definition) is 4. The molecule has 106 valence electrons. The van der Waals surface area contributed by atoms with E-state index in [-0.39, 0.29) is 5.02 Å². The van der Waals surface area contributed by atoms with Gasteiger partial charge in [-0.25, -0.2) is 12.8 Å². The van der Waals surface area contributed by atoms with Gasteiger partial charge in [-0.2, -0.15) is 4.31 Å². The van der Waals surface area contributed by atoms with Gasteiger partial charge in [0.15, 0.2) is 0 Å². The first-order valence-corrected chi connectivity index (χ1v) is 7.47. The van der Waals surface area contributed by atoms with Gasteiger partial charge in [-0.3, -0.25) is 0 Å². The standard InChI is InChI=1S/C11H14ClFN2O3S/c1-15(9-5-14-6-10(9)16)19(17,18)11-3-2-7(12)4-8(11)13/h2-4,9-10,14,16H,5-6H2,1H3/t9-,10-/m1/s1. The number of likely N-dealkylation sites (N-methyl/N-ethyl adjacent to an activating group) is 1. The van der Waals surface area contributed by atoms with Gasteiger partial charge in [-0.05, 0) is 18.2 Å². The summed E-state index contributed by atoms with van der Waals surface area (Å²) in [5.41, 5.74) is 0. The molecule has 0 spiro atoms. The largest absolute Gasteiger partial charge is 0.390 e. The van der Waals surface area contributed by atoms with E-state index < -0.39 is 32.9 Å². The lowest BCUT2D eigenvalue weighted by Gasteiger charge is -2.25. The quantitative estimate of drug-likeness (QED) is 0.850. The van der Waals surface area contributed by atoms with Gasteiger partial charge in [0.1, 0.15) is 10.7 Å². The first kappa shape index (κ1) is 14.7. The van der Waals surface area contributed by atoms with E-state index in [2.05, 4.69) is 5.32 Å². The summed E-state index contributed by atoms with van der Waals surface area (Å²) in [6, 6.07) is 2.78. The average Bonchev–Trinajstić information content (AvgIpc) is 2.73. The third-order valence-corrected chi connectivity index (χ3v) is 5.32. The number of nitrogens with one attached hydrogen (secondary N) is 1. The van der Waals surface area contributed by atoms with E-state index in [0.717, 1.165) is 16.4 Å². The molecule has 2 rings (SSSR count). The normalized spacial score (nSPS) is 24.1. The van der Waals surface area contributed by atoms with Crippen LogP contribution < -0.4 is 5.32 Å². The summed E-state index contributed by atoms with van der Waals surface area (Å²) >= 11 is 5.60. The van der Waals surface area contributed by atoms with Crippen molar-refractivity contribution < 1.29 is 17.9 Å². The minimum Gasteiger partial charge on any atom is -0.390 e. The smallest absolute Gasteiger partial charge is 0.246 e. The zero-order valence-corrected chi connectivity index (χ0v) is 11.7. The highest BCUT2D eigenvalue weighted by molar-refractivity contribution is 7.89. The summed E-state index contributed by atoms with van der Waals surface area (Å²) in [4.78, 5) is -0.446. The SMILES string of the molecule is CN([C@@H]1CNC[C@H]1O)S(=O)(=O)c1ccc(Cl)cc1F. The van der Waals surface area contributed by atoms with Gasteiger partial charge in [0.25, 0.3) is 0 Å². The van der Waals surface area contributed by atoms with Crippen LogP contribution in [0.1, 0.15) is 0 Å². The number of β-amino-alcohol motifs (C(OH)–C–C–N with tert-alkyl or cyclic N) is 1. The van der Waals surface area contributed by atoms with Gasteiger partial charge < -0.3 is 10.4 Å². The summed E-state index contributed by atoms with van der Waals surface area (Å²) < 4.78 is 39.3. The van der Waals surface area contributed by atoms with Crippen LogP contribution in [0.5, 0.6) is 0 Å². The summed E-state index contributed by atoms with van der Waals surface area (Å²) in [6.45, 7) is 0.639. The molecular formula is C11H14ClFN2O3S. The highest BCUT2D eigenvalue weighted by atomic mass is 35.5. The summed E-state index contributed by atoms with van der Waals surface area (Å²) in [5.74, 6) is -0.903. The van der Waals surface area contributed by atoms with Crippen molar-refractivity contribution in [1.29, 1.82) is 0 Å². The van der Waals surface area contributed by atoms with Crippen LogP contribution >= 0.6 is 11.6 Å². The molecule has 19 heavy (non-hydrogen) atoms. The molecular weight excluding hydrogens is 295 g/mol. The van der Waals surface area contributed by atoms with Crippen molar-refractivity contribution in [3.05, 3.63) is 29.0 Å². The molecule has 1 aliphatic heterocycles. The lowest BCUT2D eigenvalue weighted by Crippen LogP contribution is -2.44. The predicted molar refractivity (Wildman–Crippen MR) is 69.0 cm³/mol. The monoisotopic (exact) mass is 308 g/mol. The second-order valence-electron chi connectivity index (χ2n) is 4.39. The number of nitrogens with zero attached hydrogens (tertiary/aromatic N) is 1. The maximum atomic E-state index is 13.7. The van der Waals surface area contributed by atoms with Crippen LogP contribution in [0.15, 0.2) is 23.1 Å². The Hall–Kier alpha value is -0.730. The van der Waals surface area contributed by atoms with E-state index in [4.69, 9.17) is 11.6 Å². The number of hydrogen-bond donors (Lipinski definition) is 2. The minimum absolute atomic E-state index is 0.127. The Bertz CT molecular complexity index is 581. The Morgan fingerprint density at radius 3 is 2.68 bits per heavy atom. The fraction of sp³-hybridized carbons (Fsp3) is 0.455. The number of halogens is 2. The highest BCUT2D eigenvalue weighted by Crippen LogP contribution is 2.24. The first-order valence-electron chi connectivity index (χ1n) is 5.66. The van der Waals surface area contributed by atoms with Crippen molar-refractivity contribution >= 4 is 21.6 Å². The molecule has 1 heterocycles. The van der Waals surface area contributed by atoms with Gasteiger partial charge in [0.2, 0.25) is 10.0 Å². The van der Waals surface area contributed by atoms with Gasteiger partial charge in [0, 0.05) is 25.2 Å². The van der Waals surface area contributed by atoms with Gasteiger partial charge in [-0.1, -0.05) is 11.6 Å². The number of sulfonamides is 1. The second-order valence-corrected chi connectivity index (χ2v) is 6.79. The van der Waals surface area contributed by atoms with Crippen molar-refractivity contribution in [2.45, 2.75) is 17.0 Å². The third-order valence-electron chi connectivity index (χ3n) is 3.17. The maximum Gasteiger partial charge on any atom is 0.246 e. The van der Waals surface area contributed by atoms with Crippen LogP contribution in [0.4, 0.5) is 4.39 Å². The average molecular weight is 309 g/mol. The molecule has 0 saturated carbocycles. The van der Waals surface area contributed by atoms with E-state index in [1.807, 2.05) is 0 Å². The van der Waals surface area contributed by atoms with Crippen molar-refractivity contribution in [1.82, 2.24) is 9.62 Å². The van der Waals surface area contributed by atoms with Gasteiger partial charge in [-0.15, -0.1) is 0 Å². The first-order chi connectivity index (χ1) is 8.84. The van der Waals surface area contributed by atoms with Gasteiger partial charge >= 0.3 is 0 Å². The van der Waals surface area contributed by atoms with Crippen LogP contribution in [0, 0.1) is 5.82 Å². The molecule has 1 aromatic carbocycles. The second kappa shape index (κ2) is 5.34. The Morgan fingerprint density at radius 2 is 2.16 bits per heavy atom. The van der Waals surface area contributed by atoms with Crippen molar-refractivity contribution in [2.24, 2.45) is 0 Å². The van der Waals surface area contributed by atoms with Crippen LogP contribution in [-0.2, 0) is 10.0 Å². The van der Waals surface area contributed by atoms with Crippen molar-refractivity contribution in [3.63, 3.8) is 0 Å². The fourth-order valence-electron chi connectivity index (χ4n) is 2.04. The lowest BCUT2D eigenvalue weighted by atomic mass is 10.2. The Morgan fingerprint density at radius 1 is 1.47 bits per heavy atom. The van der Waals surface area contributed by atoms with E-state index in [0.29, 0.717) is 13.1 Å². The molecule has 2 N–H and O–H groups in total. The van der Waals surface area contributed by atoms with E-state index in [1.165, 1.54) is 13.1 Å².